The van der Waals surface area contributed by atoms with Gasteiger partial charge < -0.3 is 10.1 Å². The summed E-state index contributed by atoms with van der Waals surface area (Å²) < 4.78 is 5.22. The van der Waals surface area contributed by atoms with Crippen molar-refractivity contribution in [3.05, 3.63) is 16.3 Å². The van der Waals surface area contributed by atoms with Crippen molar-refractivity contribution in [3.63, 3.8) is 0 Å². The fourth-order valence-electron chi connectivity index (χ4n) is 1.72. The first-order valence-electron chi connectivity index (χ1n) is 5.53. The number of nitrogen functional groups attached to an aromatic ring is 1. The summed E-state index contributed by atoms with van der Waals surface area (Å²) in [4.78, 5) is 18.0. The minimum Gasteiger partial charge on any atom is -0.381 e. The molecule has 0 aliphatic carbocycles. The first-order valence-corrected chi connectivity index (χ1v) is 5.53. The molecule has 98 valence electrons. The van der Waals surface area contributed by atoms with Gasteiger partial charge in [-0.1, -0.05) is 0 Å². The van der Waals surface area contributed by atoms with Gasteiger partial charge in [-0.3, -0.25) is 15.5 Å². The summed E-state index contributed by atoms with van der Waals surface area (Å²) in [7, 11) is 0. The largest absolute Gasteiger partial charge is 0.381 e. The fraction of sp³-hybridized carbons (Fsp3) is 0.556. The van der Waals surface area contributed by atoms with E-state index in [1.807, 2.05) is 0 Å². The van der Waals surface area contributed by atoms with E-state index in [-0.39, 0.29) is 23.5 Å². The van der Waals surface area contributed by atoms with Crippen LogP contribution < -0.4 is 16.6 Å². The number of anilines is 2. The molecule has 9 heteroatoms. The second-order valence-corrected chi connectivity index (χ2v) is 3.86. The van der Waals surface area contributed by atoms with Gasteiger partial charge in [0.1, 0.15) is 6.20 Å². The second-order valence-electron chi connectivity index (χ2n) is 3.86. The van der Waals surface area contributed by atoms with Crippen molar-refractivity contribution in [2.75, 3.05) is 24.0 Å². The van der Waals surface area contributed by atoms with Gasteiger partial charge in [-0.25, -0.2) is 10.8 Å². The Kier molecular flexibility index (Phi) is 3.85. The third-order valence-electron chi connectivity index (χ3n) is 2.66. The SMILES string of the molecule is NNc1ncc([N+](=O)[O-])c(NC2CCOCC2)n1. The third-order valence-corrected chi connectivity index (χ3v) is 2.66. The van der Waals surface area contributed by atoms with Gasteiger partial charge in [0.25, 0.3) is 0 Å². The second kappa shape index (κ2) is 5.56. The average Bonchev–Trinajstić information content (AvgIpc) is 2.39. The number of rotatable bonds is 4. The predicted octanol–water partition coefficient (Wildman–Crippen LogP) is 0.261. The van der Waals surface area contributed by atoms with E-state index in [4.69, 9.17) is 10.6 Å². The van der Waals surface area contributed by atoms with Gasteiger partial charge in [0.2, 0.25) is 11.8 Å². The zero-order valence-electron chi connectivity index (χ0n) is 9.63. The number of hydrazine groups is 1. The predicted molar refractivity (Wildman–Crippen MR) is 64.0 cm³/mol. The molecule has 1 aliphatic rings. The van der Waals surface area contributed by atoms with Crippen molar-refractivity contribution in [2.24, 2.45) is 5.84 Å². The van der Waals surface area contributed by atoms with Crippen LogP contribution in [0, 0.1) is 10.1 Å². The van der Waals surface area contributed by atoms with Crippen LogP contribution in [0.4, 0.5) is 17.5 Å². The van der Waals surface area contributed by atoms with Crippen molar-refractivity contribution in [1.29, 1.82) is 0 Å². The topological polar surface area (TPSA) is 128 Å². The van der Waals surface area contributed by atoms with Gasteiger partial charge >= 0.3 is 5.69 Å². The molecular formula is C9H14N6O3. The molecule has 0 radical (unpaired) electrons. The van der Waals surface area contributed by atoms with Gasteiger partial charge in [-0.2, -0.15) is 4.98 Å². The highest BCUT2D eigenvalue weighted by molar-refractivity contribution is 5.57. The van der Waals surface area contributed by atoms with E-state index in [0.29, 0.717) is 13.2 Å². The van der Waals surface area contributed by atoms with E-state index >= 15 is 0 Å². The highest BCUT2D eigenvalue weighted by atomic mass is 16.6. The fourth-order valence-corrected chi connectivity index (χ4v) is 1.72. The number of hydrogen-bond donors (Lipinski definition) is 3. The van der Waals surface area contributed by atoms with Crippen LogP contribution in [0.5, 0.6) is 0 Å². The first kappa shape index (κ1) is 12.5. The number of nitro groups is 1. The summed E-state index contributed by atoms with van der Waals surface area (Å²) in [5, 5.41) is 13.9. The number of ether oxygens (including phenoxy) is 1. The monoisotopic (exact) mass is 254 g/mol. The number of nitrogens with zero attached hydrogens (tertiary/aromatic N) is 3. The van der Waals surface area contributed by atoms with Crippen molar-refractivity contribution < 1.29 is 9.66 Å². The lowest BCUT2D eigenvalue weighted by Crippen LogP contribution is -2.28. The van der Waals surface area contributed by atoms with Gasteiger partial charge in [0.05, 0.1) is 4.92 Å². The number of nitrogens with two attached hydrogens (primary N) is 1. The molecule has 0 saturated carbocycles. The molecule has 1 fully saturated rings. The lowest BCUT2D eigenvalue weighted by atomic mass is 10.1. The highest BCUT2D eigenvalue weighted by Crippen LogP contribution is 2.24. The zero-order valence-corrected chi connectivity index (χ0v) is 9.63. The highest BCUT2D eigenvalue weighted by Gasteiger charge is 2.21. The van der Waals surface area contributed by atoms with Gasteiger partial charge in [0.15, 0.2) is 0 Å². The van der Waals surface area contributed by atoms with E-state index in [9.17, 15) is 10.1 Å². The molecule has 2 heterocycles. The molecule has 0 atom stereocenters. The van der Waals surface area contributed by atoms with Crippen molar-refractivity contribution in [1.82, 2.24) is 9.97 Å². The van der Waals surface area contributed by atoms with Crippen molar-refractivity contribution in [2.45, 2.75) is 18.9 Å². The molecule has 1 aromatic rings. The van der Waals surface area contributed by atoms with E-state index in [2.05, 4.69) is 20.7 Å². The lowest BCUT2D eigenvalue weighted by molar-refractivity contribution is -0.384. The minimum atomic E-state index is -0.526. The Labute approximate surface area is 103 Å². The quantitative estimate of drug-likeness (QED) is 0.396. The molecule has 2 rings (SSSR count). The summed E-state index contributed by atoms with van der Waals surface area (Å²) in [5.41, 5.74) is 2.10. The van der Waals surface area contributed by atoms with Crippen LogP contribution in [0.3, 0.4) is 0 Å². The Hall–Kier alpha value is -2.00. The van der Waals surface area contributed by atoms with Crippen LogP contribution in [0.2, 0.25) is 0 Å². The van der Waals surface area contributed by atoms with Gasteiger partial charge in [0, 0.05) is 19.3 Å². The van der Waals surface area contributed by atoms with Crippen molar-refractivity contribution >= 4 is 17.5 Å². The molecule has 0 amide bonds. The molecule has 1 aliphatic heterocycles. The van der Waals surface area contributed by atoms with Crippen LogP contribution in [0.1, 0.15) is 12.8 Å². The van der Waals surface area contributed by atoms with Gasteiger partial charge in [-0.05, 0) is 12.8 Å². The molecule has 0 spiro atoms. The molecule has 1 saturated heterocycles. The minimum absolute atomic E-state index is 0.109. The Balaban J connectivity index is 2.19. The van der Waals surface area contributed by atoms with Crippen LogP contribution in [-0.2, 0) is 4.74 Å². The van der Waals surface area contributed by atoms with Gasteiger partial charge in [-0.15, -0.1) is 0 Å². The van der Waals surface area contributed by atoms with E-state index in [1.165, 1.54) is 0 Å². The lowest BCUT2D eigenvalue weighted by Gasteiger charge is -2.23. The molecule has 0 unspecified atom stereocenters. The molecule has 9 nitrogen and oxygen atoms in total. The Morgan fingerprint density at radius 1 is 1.50 bits per heavy atom. The average molecular weight is 254 g/mol. The molecule has 18 heavy (non-hydrogen) atoms. The van der Waals surface area contributed by atoms with Crippen molar-refractivity contribution in [3.8, 4) is 0 Å². The summed E-state index contributed by atoms with van der Waals surface area (Å²) in [5.74, 6) is 5.50. The smallest absolute Gasteiger partial charge is 0.329 e. The number of hydrogen-bond acceptors (Lipinski definition) is 8. The Bertz CT molecular complexity index is 434. The standard InChI is InChI=1S/C9H14N6O3/c10-14-9-11-5-7(15(16)17)8(13-9)12-6-1-3-18-4-2-6/h5-6H,1-4,10H2,(H2,11,12,13,14). The van der Waals surface area contributed by atoms with E-state index in [1.54, 1.807) is 0 Å². The molecule has 0 bridgehead atoms. The van der Waals surface area contributed by atoms with Crippen LogP contribution in [-0.4, -0.2) is 34.1 Å². The molecular weight excluding hydrogens is 240 g/mol. The molecule has 1 aromatic heterocycles. The van der Waals surface area contributed by atoms with Crippen LogP contribution >= 0.6 is 0 Å². The zero-order chi connectivity index (χ0) is 13.0. The molecule has 0 aromatic carbocycles. The van der Waals surface area contributed by atoms with Crippen LogP contribution in [0.15, 0.2) is 6.20 Å². The summed E-state index contributed by atoms with van der Waals surface area (Å²) in [6.07, 6.45) is 2.70. The normalized spacial score (nSPS) is 16.3. The number of nitrogens with one attached hydrogen (secondary N) is 2. The Morgan fingerprint density at radius 3 is 2.83 bits per heavy atom. The first-order chi connectivity index (χ1) is 8.70. The summed E-state index contributed by atoms with van der Waals surface area (Å²) in [6.45, 7) is 1.27. The maximum Gasteiger partial charge on any atom is 0.329 e. The molecule has 4 N–H and O–H groups in total. The van der Waals surface area contributed by atoms with E-state index < -0.39 is 4.92 Å². The maximum atomic E-state index is 10.9. The van der Waals surface area contributed by atoms with Crippen LogP contribution in [0.25, 0.3) is 0 Å². The maximum absolute atomic E-state index is 10.9. The Morgan fingerprint density at radius 2 is 2.22 bits per heavy atom. The number of aromatic nitrogens is 2. The summed E-state index contributed by atoms with van der Waals surface area (Å²) in [6, 6.07) is 0.109. The van der Waals surface area contributed by atoms with E-state index in [0.717, 1.165) is 19.0 Å². The summed E-state index contributed by atoms with van der Waals surface area (Å²) >= 11 is 0. The third kappa shape index (κ3) is 2.81.